The third-order valence-corrected chi connectivity index (χ3v) is 6.76. The lowest BCUT2D eigenvalue weighted by atomic mass is 9.89. The van der Waals surface area contributed by atoms with Crippen molar-refractivity contribution in [1.29, 1.82) is 0 Å². The molecule has 2 aromatic heterocycles. The monoisotopic (exact) mass is 493 g/mol. The Hall–Kier alpha value is -3.52. The van der Waals surface area contributed by atoms with E-state index in [0.29, 0.717) is 57.7 Å². The van der Waals surface area contributed by atoms with Gasteiger partial charge in [-0.15, -0.1) is 0 Å². The second kappa shape index (κ2) is 9.62. The molecule has 7 nitrogen and oxygen atoms in total. The van der Waals surface area contributed by atoms with Crippen LogP contribution in [0.3, 0.4) is 0 Å². The number of hydrogen-bond donors (Lipinski definition) is 1. The molecule has 3 heterocycles. The van der Waals surface area contributed by atoms with Crippen molar-refractivity contribution in [3.8, 4) is 11.4 Å². The lowest BCUT2D eigenvalue weighted by Gasteiger charge is -2.40. The molecule has 1 saturated heterocycles. The lowest BCUT2D eigenvalue weighted by molar-refractivity contribution is 0.0540. The molecule has 0 spiro atoms. The summed E-state index contributed by atoms with van der Waals surface area (Å²) < 4.78 is 20.3. The van der Waals surface area contributed by atoms with Gasteiger partial charge in [0.2, 0.25) is 0 Å². The molecular formula is C26H25ClFN5O2. The van der Waals surface area contributed by atoms with Crippen molar-refractivity contribution in [3.63, 3.8) is 0 Å². The van der Waals surface area contributed by atoms with E-state index in [0.717, 1.165) is 12.8 Å². The van der Waals surface area contributed by atoms with Crippen molar-refractivity contribution in [2.45, 2.75) is 32.7 Å². The second-order valence-electron chi connectivity index (χ2n) is 8.92. The van der Waals surface area contributed by atoms with E-state index in [9.17, 15) is 9.18 Å². The number of nitrogens with one attached hydrogen (secondary N) is 1. The van der Waals surface area contributed by atoms with Crippen LogP contribution in [0.1, 0.15) is 35.7 Å². The van der Waals surface area contributed by atoms with E-state index in [1.54, 1.807) is 49.6 Å². The number of oxazole rings is 1. The summed E-state index contributed by atoms with van der Waals surface area (Å²) in [6.07, 6.45) is 5.05. The fourth-order valence-electron chi connectivity index (χ4n) is 4.61. The molecule has 2 atom stereocenters. The van der Waals surface area contributed by atoms with Gasteiger partial charge in [-0.2, -0.15) is 4.98 Å². The number of likely N-dealkylation sites (tertiary alicyclic amines) is 1. The molecule has 1 amide bonds. The Morgan fingerprint density at radius 1 is 1.26 bits per heavy atom. The van der Waals surface area contributed by atoms with Gasteiger partial charge in [-0.1, -0.05) is 18.5 Å². The fourth-order valence-corrected chi connectivity index (χ4v) is 4.78. The molecular weight excluding hydrogens is 469 g/mol. The highest BCUT2D eigenvalue weighted by atomic mass is 35.5. The average Bonchev–Trinajstić information content (AvgIpc) is 3.26. The maximum Gasteiger partial charge on any atom is 0.295 e. The predicted molar refractivity (Wildman–Crippen MR) is 133 cm³/mol. The van der Waals surface area contributed by atoms with E-state index in [-0.39, 0.29) is 17.9 Å². The summed E-state index contributed by atoms with van der Waals surface area (Å²) in [6.45, 7) is 4.85. The molecule has 1 aliphatic heterocycles. The summed E-state index contributed by atoms with van der Waals surface area (Å²) in [6, 6.07) is 10.2. The molecule has 0 saturated carbocycles. The minimum Gasteiger partial charge on any atom is -0.424 e. The number of nitrogens with zero attached hydrogens (tertiary/aromatic N) is 4. The molecule has 2 unspecified atom stereocenters. The number of carbonyl (C=O) groups excluding carboxylic acids is 1. The van der Waals surface area contributed by atoms with Crippen LogP contribution in [0.5, 0.6) is 0 Å². The van der Waals surface area contributed by atoms with Crippen LogP contribution in [0.15, 0.2) is 53.2 Å². The fraction of sp³-hybridized carbons (Fsp3) is 0.308. The Labute approximate surface area is 207 Å². The number of piperidine rings is 1. The van der Waals surface area contributed by atoms with E-state index in [2.05, 4.69) is 27.2 Å². The third kappa shape index (κ3) is 4.71. The number of carbonyl (C=O) groups is 1. The van der Waals surface area contributed by atoms with Gasteiger partial charge in [-0.25, -0.2) is 14.4 Å². The van der Waals surface area contributed by atoms with Crippen LogP contribution in [0, 0.1) is 18.7 Å². The van der Waals surface area contributed by atoms with Gasteiger partial charge in [0.15, 0.2) is 11.4 Å². The van der Waals surface area contributed by atoms with E-state index in [1.165, 1.54) is 6.07 Å². The molecule has 180 valence electrons. The first-order chi connectivity index (χ1) is 16.9. The molecule has 2 aromatic carbocycles. The zero-order valence-corrected chi connectivity index (χ0v) is 20.2. The van der Waals surface area contributed by atoms with E-state index >= 15 is 0 Å². The summed E-state index contributed by atoms with van der Waals surface area (Å²) in [5.74, 6) is 0.000146. The normalized spacial score (nSPS) is 18.1. The topological polar surface area (TPSA) is 84.2 Å². The first kappa shape index (κ1) is 23.2. The van der Waals surface area contributed by atoms with E-state index in [1.807, 2.05) is 4.90 Å². The SMILES string of the molecule is Cc1cc(C(=O)N2CCCC(C)C2CNc2nc3ccc(Cl)cc3o2)c(-c2ncccn2)cc1F. The van der Waals surface area contributed by atoms with Gasteiger partial charge in [0.25, 0.3) is 11.9 Å². The molecule has 5 rings (SSSR count). The van der Waals surface area contributed by atoms with Crippen LogP contribution < -0.4 is 5.32 Å². The number of halogens is 2. The molecule has 35 heavy (non-hydrogen) atoms. The largest absolute Gasteiger partial charge is 0.424 e. The summed E-state index contributed by atoms with van der Waals surface area (Å²) in [7, 11) is 0. The number of rotatable bonds is 5. The van der Waals surface area contributed by atoms with Crippen molar-refractivity contribution >= 4 is 34.6 Å². The van der Waals surface area contributed by atoms with Gasteiger partial charge in [-0.05, 0) is 61.6 Å². The first-order valence-corrected chi connectivity index (χ1v) is 12.0. The second-order valence-corrected chi connectivity index (χ2v) is 9.35. The Morgan fingerprint density at radius 2 is 2.06 bits per heavy atom. The molecule has 1 aliphatic rings. The molecule has 0 radical (unpaired) electrons. The highest BCUT2D eigenvalue weighted by Crippen LogP contribution is 2.30. The van der Waals surface area contributed by atoms with Crippen LogP contribution in [-0.4, -0.2) is 44.9 Å². The number of benzene rings is 2. The minimum atomic E-state index is -0.398. The summed E-state index contributed by atoms with van der Waals surface area (Å²) in [5.41, 5.74) is 2.48. The number of anilines is 1. The van der Waals surface area contributed by atoms with Gasteiger partial charge in [0, 0.05) is 42.1 Å². The molecule has 4 aromatic rings. The lowest BCUT2D eigenvalue weighted by Crippen LogP contribution is -2.51. The summed E-state index contributed by atoms with van der Waals surface area (Å²) in [4.78, 5) is 28.7. The Morgan fingerprint density at radius 3 is 2.86 bits per heavy atom. The number of amides is 1. The highest BCUT2D eigenvalue weighted by molar-refractivity contribution is 6.31. The van der Waals surface area contributed by atoms with Crippen molar-refractivity contribution in [1.82, 2.24) is 19.9 Å². The van der Waals surface area contributed by atoms with Gasteiger partial charge in [0.05, 0.1) is 11.6 Å². The highest BCUT2D eigenvalue weighted by Gasteiger charge is 2.34. The smallest absolute Gasteiger partial charge is 0.295 e. The minimum absolute atomic E-state index is 0.107. The number of aryl methyl sites for hydroxylation is 1. The molecule has 0 aliphatic carbocycles. The molecule has 0 bridgehead atoms. The van der Waals surface area contributed by atoms with Gasteiger partial charge in [0.1, 0.15) is 11.3 Å². The zero-order valence-electron chi connectivity index (χ0n) is 19.5. The van der Waals surface area contributed by atoms with Crippen molar-refractivity contribution in [3.05, 3.63) is 70.8 Å². The van der Waals surface area contributed by atoms with Crippen LogP contribution in [0.4, 0.5) is 10.4 Å². The predicted octanol–water partition coefficient (Wildman–Crippen LogP) is 5.74. The van der Waals surface area contributed by atoms with Crippen molar-refractivity contribution in [2.24, 2.45) is 5.92 Å². The quantitative estimate of drug-likeness (QED) is 0.381. The Balaban J connectivity index is 1.43. The number of hydrogen-bond acceptors (Lipinski definition) is 6. The molecule has 1 N–H and O–H groups in total. The zero-order chi connectivity index (χ0) is 24.5. The maximum atomic E-state index is 14.5. The molecule has 1 fully saturated rings. The number of fused-ring (bicyclic) bond motifs is 1. The third-order valence-electron chi connectivity index (χ3n) is 6.53. The Kier molecular flexibility index (Phi) is 6.38. The number of aromatic nitrogens is 3. The van der Waals surface area contributed by atoms with Crippen LogP contribution >= 0.6 is 11.6 Å². The van der Waals surface area contributed by atoms with Gasteiger partial charge in [-0.3, -0.25) is 4.79 Å². The van der Waals surface area contributed by atoms with Crippen LogP contribution in [0.25, 0.3) is 22.5 Å². The van der Waals surface area contributed by atoms with Crippen molar-refractivity contribution < 1.29 is 13.6 Å². The van der Waals surface area contributed by atoms with Crippen molar-refractivity contribution in [2.75, 3.05) is 18.4 Å². The molecule has 9 heteroatoms. The standard InChI is InChI=1S/C26H25ClFN5O2/c1-15-5-3-10-33(22(15)14-31-26-32-21-7-6-17(27)12-23(21)35-26)25(34)19-11-16(2)20(28)13-18(19)24-29-8-4-9-30-24/h4,6-9,11-13,15,22H,3,5,10,14H2,1-2H3,(H,31,32). The summed E-state index contributed by atoms with van der Waals surface area (Å²) >= 11 is 6.05. The summed E-state index contributed by atoms with van der Waals surface area (Å²) in [5, 5.41) is 3.83. The van der Waals surface area contributed by atoms with Crippen LogP contribution in [0.2, 0.25) is 5.02 Å². The maximum absolute atomic E-state index is 14.5. The van der Waals surface area contributed by atoms with E-state index in [4.69, 9.17) is 16.0 Å². The first-order valence-electron chi connectivity index (χ1n) is 11.6. The van der Waals surface area contributed by atoms with Gasteiger partial charge >= 0.3 is 0 Å². The Bertz CT molecular complexity index is 1380. The van der Waals surface area contributed by atoms with Crippen LogP contribution in [-0.2, 0) is 0 Å². The average molecular weight is 494 g/mol. The van der Waals surface area contributed by atoms with Gasteiger partial charge < -0.3 is 14.6 Å². The van der Waals surface area contributed by atoms with E-state index < -0.39 is 5.82 Å².